The molecule has 1 heterocycles. The van der Waals surface area contributed by atoms with E-state index in [2.05, 4.69) is 16.4 Å². The Labute approximate surface area is 78.2 Å². The average Bonchev–Trinajstić information content (AvgIpc) is 2.53. The van der Waals surface area contributed by atoms with E-state index >= 15 is 0 Å². The summed E-state index contributed by atoms with van der Waals surface area (Å²) in [6.45, 7) is 1.96. The van der Waals surface area contributed by atoms with E-state index < -0.39 is 0 Å². The molecule has 0 saturated heterocycles. The van der Waals surface area contributed by atoms with Gasteiger partial charge in [0, 0.05) is 18.9 Å². The number of aromatic amines is 1. The molecule has 1 aromatic heterocycles. The van der Waals surface area contributed by atoms with E-state index in [1.807, 2.05) is 12.4 Å². The molecule has 3 N–H and O–H groups in total. The highest BCUT2D eigenvalue weighted by atomic mass is 16.3. The summed E-state index contributed by atoms with van der Waals surface area (Å²) in [5.74, 6) is 0.689. The maximum Gasteiger partial charge on any atom is 0.0546 e. The van der Waals surface area contributed by atoms with Gasteiger partial charge in [-0.15, -0.1) is 0 Å². The third kappa shape index (κ3) is 2.32. The summed E-state index contributed by atoms with van der Waals surface area (Å²) in [7, 11) is 0. The summed E-state index contributed by atoms with van der Waals surface area (Å²) in [6, 6.07) is 2.07. The van der Waals surface area contributed by atoms with Gasteiger partial charge in [-0.25, -0.2) is 0 Å². The number of aliphatic hydroxyl groups is 1. The number of hydrogen-bond donors (Lipinski definition) is 3. The molecule has 72 valence electrons. The van der Waals surface area contributed by atoms with Gasteiger partial charge in [0.15, 0.2) is 0 Å². The normalized spacial score (nSPS) is 27.2. The van der Waals surface area contributed by atoms with E-state index in [9.17, 15) is 0 Å². The smallest absolute Gasteiger partial charge is 0.0546 e. The maximum atomic E-state index is 9.07. The van der Waals surface area contributed by atoms with Gasteiger partial charge in [0.1, 0.15) is 0 Å². The Morgan fingerprint density at radius 2 is 2.38 bits per heavy atom. The van der Waals surface area contributed by atoms with Crippen molar-refractivity contribution < 1.29 is 5.11 Å². The number of aromatic nitrogens is 1. The van der Waals surface area contributed by atoms with Crippen molar-refractivity contribution in [3.63, 3.8) is 0 Å². The van der Waals surface area contributed by atoms with Crippen molar-refractivity contribution in [2.75, 3.05) is 6.54 Å². The molecule has 0 aromatic carbocycles. The van der Waals surface area contributed by atoms with Crippen LogP contribution in [-0.2, 0) is 6.54 Å². The lowest BCUT2D eigenvalue weighted by molar-refractivity contribution is 0.0430. The van der Waals surface area contributed by atoms with E-state index in [-0.39, 0.29) is 6.10 Å². The predicted molar refractivity (Wildman–Crippen MR) is 51.2 cm³/mol. The van der Waals surface area contributed by atoms with Gasteiger partial charge in [-0.2, -0.15) is 0 Å². The highest BCUT2D eigenvalue weighted by Crippen LogP contribution is 2.26. The number of aliphatic hydroxyl groups excluding tert-OH is 1. The Kier molecular flexibility index (Phi) is 2.66. The lowest BCUT2D eigenvalue weighted by atomic mass is 9.82. The minimum atomic E-state index is -0.0286. The molecule has 0 spiro atoms. The molecule has 0 amide bonds. The van der Waals surface area contributed by atoms with Crippen LogP contribution in [0.1, 0.15) is 18.4 Å². The highest BCUT2D eigenvalue weighted by molar-refractivity contribution is 5.07. The third-order valence-corrected chi connectivity index (χ3v) is 2.64. The van der Waals surface area contributed by atoms with Gasteiger partial charge in [-0.1, -0.05) is 0 Å². The fourth-order valence-electron chi connectivity index (χ4n) is 1.76. The fraction of sp³-hybridized carbons (Fsp3) is 0.600. The molecule has 13 heavy (non-hydrogen) atoms. The van der Waals surface area contributed by atoms with Crippen LogP contribution in [0.4, 0.5) is 0 Å². The van der Waals surface area contributed by atoms with Crippen LogP contribution in [0.3, 0.4) is 0 Å². The van der Waals surface area contributed by atoms with Crippen molar-refractivity contribution in [1.29, 1.82) is 0 Å². The van der Waals surface area contributed by atoms with Crippen LogP contribution in [0.25, 0.3) is 0 Å². The molecule has 1 aromatic rings. The van der Waals surface area contributed by atoms with Crippen molar-refractivity contribution in [1.82, 2.24) is 10.3 Å². The Bertz CT molecular complexity index is 239. The lowest BCUT2D eigenvalue weighted by Crippen LogP contribution is -2.35. The average molecular weight is 180 g/mol. The van der Waals surface area contributed by atoms with Crippen LogP contribution in [0.2, 0.25) is 0 Å². The Hall–Kier alpha value is -0.800. The zero-order valence-electron chi connectivity index (χ0n) is 7.66. The first-order chi connectivity index (χ1) is 6.34. The molecule has 1 saturated carbocycles. The van der Waals surface area contributed by atoms with Gasteiger partial charge in [0.2, 0.25) is 0 Å². The topological polar surface area (TPSA) is 48.0 Å². The number of nitrogens with one attached hydrogen (secondary N) is 2. The Morgan fingerprint density at radius 3 is 3.00 bits per heavy atom. The van der Waals surface area contributed by atoms with Crippen LogP contribution in [0.5, 0.6) is 0 Å². The molecule has 3 heteroatoms. The van der Waals surface area contributed by atoms with Crippen LogP contribution >= 0.6 is 0 Å². The molecule has 1 fully saturated rings. The quantitative estimate of drug-likeness (QED) is 0.644. The Balaban J connectivity index is 1.59. The Morgan fingerprint density at radius 1 is 1.54 bits per heavy atom. The van der Waals surface area contributed by atoms with E-state index in [1.54, 1.807) is 0 Å². The molecule has 0 radical (unpaired) electrons. The summed E-state index contributed by atoms with van der Waals surface area (Å²) in [4.78, 5) is 3.02. The molecule has 1 aliphatic rings. The fourth-order valence-corrected chi connectivity index (χ4v) is 1.76. The highest BCUT2D eigenvalue weighted by Gasteiger charge is 2.26. The van der Waals surface area contributed by atoms with E-state index in [0.29, 0.717) is 5.92 Å². The molecule has 1 aliphatic carbocycles. The molecular formula is C10H16N2O. The summed E-state index contributed by atoms with van der Waals surface area (Å²) in [6.07, 6.45) is 5.85. The second-order valence-electron chi connectivity index (χ2n) is 3.84. The van der Waals surface area contributed by atoms with Crippen molar-refractivity contribution in [3.05, 3.63) is 24.0 Å². The first-order valence-electron chi connectivity index (χ1n) is 4.85. The molecule has 3 nitrogen and oxygen atoms in total. The van der Waals surface area contributed by atoms with Crippen molar-refractivity contribution in [2.24, 2.45) is 5.92 Å². The first kappa shape index (κ1) is 8.78. The molecule has 0 unspecified atom stereocenters. The zero-order valence-corrected chi connectivity index (χ0v) is 7.66. The molecule has 0 atom stereocenters. The summed E-state index contributed by atoms with van der Waals surface area (Å²) in [5.41, 5.74) is 1.29. The van der Waals surface area contributed by atoms with E-state index in [0.717, 1.165) is 25.9 Å². The summed E-state index contributed by atoms with van der Waals surface area (Å²) < 4.78 is 0. The largest absolute Gasteiger partial charge is 0.393 e. The molecule has 0 aliphatic heterocycles. The van der Waals surface area contributed by atoms with Gasteiger partial charge < -0.3 is 15.4 Å². The predicted octanol–water partition coefficient (Wildman–Crippen LogP) is 0.875. The minimum Gasteiger partial charge on any atom is -0.393 e. The number of rotatable bonds is 4. The number of hydrogen-bond acceptors (Lipinski definition) is 2. The first-order valence-corrected chi connectivity index (χ1v) is 4.85. The lowest BCUT2D eigenvalue weighted by Gasteiger charge is -2.31. The zero-order chi connectivity index (χ0) is 9.10. The standard InChI is InChI=1S/C10H16N2O/c13-10-3-9(4-10)7-12-6-8-1-2-11-5-8/h1-2,5,9-13H,3-4,6-7H2. The monoisotopic (exact) mass is 180 g/mol. The minimum absolute atomic E-state index is 0.0286. The van der Waals surface area contributed by atoms with E-state index in [1.165, 1.54) is 5.56 Å². The SMILES string of the molecule is OC1CC(CNCc2cc[nH]c2)C1. The molecular weight excluding hydrogens is 164 g/mol. The van der Waals surface area contributed by atoms with Gasteiger partial charge in [0.05, 0.1) is 6.10 Å². The van der Waals surface area contributed by atoms with Crippen LogP contribution < -0.4 is 5.32 Å². The second-order valence-corrected chi connectivity index (χ2v) is 3.84. The molecule has 0 bridgehead atoms. The van der Waals surface area contributed by atoms with Crippen molar-refractivity contribution >= 4 is 0 Å². The van der Waals surface area contributed by atoms with Crippen molar-refractivity contribution in [2.45, 2.75) is 25.5 Å². The third-order valence-electron chi connectivity index (χ3n) is 2.64. The molecule has 2 rings (SSSR count). The van der Waals surface area contributed by atoms with Crippen LogP contribution in [-0.4, -0.2) is 22.7 Å². The summed E-state index contributed by atoms with van der Waals surface area (Å²) in [5, 5.41) is 12.4. The summed E-state index contributed by atoms with van der Waals surface area (Å²) >= 11 is 0. The van der Waals surface area contributed by atoms with E-state index in [4.69, 9.17) is 5.11 Å². The van der Waals surface area contributed by atoms with Crippen molar-refractivity contribution in [3.8, 4) is 0 Å². The van der Waals surface area contributed by atoms with Gasteiger partial charge >= 0.3 is 0 Å². The van der Waals surface area contributed by atoms with Crippen LogP contribution in [0, 0.1) is 5.92 Å². The van der Waals surface area contributed by atoms with Gasteiger partial charge in [-0.3, -0.25) is 0 Å². The van der Waals surface area contributed by atoms with Crippen LogP contribution in [0.15, 0.2) is 18.5 Å². The number of H-pyrrole nitrogens is 1. The second kappa shape index (κ2) is 3.94. The maximum absolute atomic E-state index is 9.07. The van der Waals surface area contributed by atoms with Gasteiger partial charge in [0.25, 0.3) is 0 Å². The van der Waals surface area contributed by atoms with Gasteiger partial charge in [-0.05, 0) is 36.9 Å².